The van der Waals surface area contributed by atoms with Crippen molar-refractivity contribution in [3.8, 4) is 0 Å². The first-order valence-corrected chi connectivity index (χ1v) is 15.5. The molecule has 0 aliphatic carbocycles. The van der Waals surface area contributed by atoms with Crippen LogP contribution in [-0.4, -0.2) is 6.71 Å². The molecule has 9 rings (SSSR count). The number of para-hydroxylation sites is 3. The lowest BCUT2D eigenvalue weighted by atomic mass is 9.33. The third-order valence-electron chi connectivity index (χ3n) is 9.65. The number of aryl methyl sites for hydroxylation is 3. The van der Waals surface area contributed by atoms with E-state index in [1.54, 1.807) is 0 Å². The number of hydrogen-bond acceptors (Lipinski definition) is 2. The lowest BCUT2D eigenvalue weighted by Crippen LogP contribution is -2.59. The molecule has 0 atom stereocenters. The van der Waals surface area contributed by atoms with Gasteiger partial charge in [0.15, 0.2) is 0 Å². The summed E-state index contributed by atoms with van der Waals surface area (Å²) in [4.78, 5) is 5.00. The number of benzene rings is 7. The zero-order chi connectivity index (χ0) is 29.5. The van der Waals surface area contributed by atoms with E-state index in [1.807, 2.05) is 0 Å². The van der Waals surface area contributed by atoms with E-state index in [4.69, 9.17) is 0 Å². The minimum atomic E-state index is 0.116. The van der Waals surface area contributed by atoms with Gasteiger partial charge in [-0.3, -0.25) is 0 Å². The lowest BCUT2D eigenvalue weighted by Gasteiger charge is -2.46. The van der Waals surface area contributed by atoms with Gasteiger partial charge in [0.25, 0.3) is 0 Å². The van der Waals surface area contributed by atoms with Crippen LogP contribution in [0, 0.1) is 20.8 Å². The molecule has 2 aliphatic rings. The molecule has 0 N–H and O–H groups in total. The maximum absolute atomic E-state index is 2.54. The van der Waals surface area contributed by atoms with Gasteiger partial charge >= 0.3 is 0 Å². The van der Waals surface area contributed by atoms with Gasteiger partial charge < -0.3 is 9.80 Å². The number of rotatable bonds is 2. The van der Waals surface area contributed by atoms with Crippen LogP contribution in [-0.2, 0) is 0 Å². The summed E-state index contributed by atoms with van der Waals surface area (Å²) >= 11 is 0. The summed E-state index contributed by atoms with van der Waals surface area (Å²) in [5, 5.41) is 5.04. The first kappa shape index (κ1) is 25.2. The molecule has 0 fully saturated rings. The van der Waals surface area contributed by atoms with E-state index in [2.05, 4.69) is 164 Å². The Morgan fingerprint density at radius 1 is 0.432 bits per heavy atom. The number of hydrogen-bond donors (Lipinski definition) is 0. The first-order chi connectivity index (χ1) is 21.6. The fourth-order valence-corrected chi connectivity index (χ4v) is 7.94. The molecular formula is C41H31BN2. The average Bonchev–Trinajstić information content (AvgIpc) is 3.04. The highest BCUT2D eigenvalue weighted by Crippen LogP contribution is 2.54. The van der Waals surface area contributed by atoms with E-state index < -0.39 is 0 Å². The van der Waals surface area contributed by atoms with Crippen molar-refractivity contribution in [1.82, 2.24) is 0 Å². The SMILES string of the molecule is Cc1cc(C)c(B2c3cc4ccccc4cc3N3c4ccccc4N(c4ccc5ccccc5c4)c4cccc2c43)c(C)c1. The Bertz CT molecular complexity index is 2280. The Labute approximate surface area is 258 Å². The minimum Gasteiger partial charge on any atom is -0.307 e. The van der Waals surface area contributed by atoms with E-state index in [-0.39, 0.29) is 6.71 Å². The molecule has 7 aromatic carbocycles. The molecule has 0 amide bonds. The van der Waals surface area contributed by atoms with Gasteiger partial charge in [-0.05, 0) is 89.6 Å². The van der Waals surface area contributed by atoms with E-state index in [1.165, 1.54) is 88.7 Å². The van der Waals surface area contributed by atoms with Crippen LogP contribution in [0.15, 0.2) is 133 Å². The summed E-state index contributed by atoms with van der Waals surface area (Å²) in [7, 11) is 0. The van der Waals surface area contributed by atoms with Crippen molar-refractivity contribution in [2.75, 3.05) is 9.80 Å². The minimum absolute atomic E-state index is 0.116. The Morgan fingerprint density at radius 3 is 1.75 bits per heavy atom. The second-order valence-corrected chi connectivity index (χ2v) is 12.4. The molecule has 0 saturated carbocycles. The third-order valence-corrected chi connectivity index (χ3v) is 9.65. The maximum Gasteiger partial charge on any atom is 0.247 e. The monoisotopic (exact) mass is 562 g/mol. The van der Waals surface area contributed by atoms with Crippen LogP contribution in [0.5, 0.6) is 0 Å². The van der Waals surface area contributed by atoms with E-state index in [0.717, 1.165) is 0 Å². The van der Waals surface area contributed by atoms with Crippen LogP contribution in [0.1, 0.15) is 16.7 Å². The Balaban J connectivity index is 1.39. The largest absolute Gasteiger partial charge is 0.307 e. The van der Waals surface area contributed by atoms with Crippen molar-refractivity contribution in [1.29, 1.82) is 0 Å². The van der Waals surface area contributed by atoms with Crippen molar-refractivity contribution in [2.45, 2.75) is 20.8 Å². The third kappa shape index (κ3) is 3.56. The van der Waals surface area contributed by atoms with Gasteiger partial charge in [0, 0.05) is 11.4 Å². The van der Waals surface area contributed by atoms with Crippen molar-refractivity contribution in [3.63, 3.8) is 0 Å². The predicted molar refractivity (Wildman–Crippen MR) is 190 cm³/mol. The highest BCUT2D eigenvalue weighted by atomic mass is 15.3. The highest BCUT2D eigenvalue weighted by Gasteiger charge is 2.42. The second kappa shape index (κ2) is 9.36. The van der Waals surface area contributed by atoms with Crippen molar-refractivity contribution in [3.05, 3.63) is 150 Å². The quantitative estimate of drug-likeness (QED) is 0.194. The van der Waals surface area contributed by atoms with Crippen LogP contribution in [0.3, 0.4) is 0 Å². The van der Waals surface area contributed by atoms with Crippen molar-refractivity contribution < 1.29 is 0 Å². The number of nitrogens with zero attached hydrogens (tertiary/aromatic N) is 2. The highest BCUT2D eigenvalue weighted by molar-refractivity contribution is 6.98. The van der Waals surface area contributed by atoms with E-state index in [9.17, 15) is 0 Å². The van der Waals surface area contributed by atoms with Gasteiger partial charge in [-0.2, -0.15) is 0 Å². The van der Waals surface area contributed by atoms with E-state index in [0.29, 0.717) is 0 Å². The average molecular weight is 563 g/mol. The molecule has 0 bridgehead atoms. The molecule has 2 nitrogen and oxygen atoms in total. The van der Waals surface area contributed by atoms with E-state index >= 15 is 0 Å². The molecule has 44 heavy (non-hydrogen) atoms. The fraction of sp³-hybridized carbons (Fsp3) is 0.0732. The summed E-state index contributed by atoms with van der Waals surface area (Å²) < 4.78 is 0. The van der Waals surface area contributed by atoms with Gasteiger partial charge in [0.05, 0.1) is 22.7 Å². The molecule has 0 radical (unpaired) electrons. The molecule has 7 aromatic rings. The van der Waals surface area contributed by atoms with Crippen LogP contribution >= 0.6 is 0 Å². The molecule has 0 unspecified atom stereocenters. The van der Waals surface area contributed by atoms with Crippen LogP contribution in [0.25, 0.3) is 21.5 Å². The summed E-state index contributed by atoms with van der Waals surface area (Å²) in [6.45, 7) is 6.89. The number of anilines is 6. The van der Waals surface area contributed by atoms with Gasteiger partial charge in [-0.25, -0.2) is 0 Å². The van der Waals surface area contributed by atoms with Crippen molar-refractivity contribution >= 4 is 78.8 Å². The Morgan fingerprint density at radius 2 is 1.02 bits per heavy atom. The predicted octanol–water partition coefficient (Wildman–Crippen LogP) is 9.00. The van der Waals surface area contributed by atoms with Crippen molar-refractivity contribution in [2.24, 2.45) is 0 Å². The molecule has 0 aromatic heterocycles. The van der Waals surface area contributed by atoms with Crippen LogP contribution in [0.4, 0.5) is 34.1 Å². The van der Waals surface area contributed by atoms with Gasteiger partial charge in [0.2, 0.25) is 6.71 Å². The standard InChI is InChI=1S/C41H31BN2/c1-26-21-27(2)40(28(3)22-26)42-34-15-10-18-38-41(34)44(39-25-32-14-7-6-13-31(32)24-35(39)42)37-17-9-8-16-36(37)43(38)33-20-19-29-11-4-5-12-30(29)23-33/h4-25H,1-3H3. The van der Waals surface area contributed by atoms with Crippen LogP contribution in [0.2, 0.25) is 0 Å². The Kier molecular flexibility index (Phi) is 5.37. The summed E-state index contributed by atoms with van der Waals surface area (Å²) in [6, 6.07) is 49.6. The molecule has 2 aliphatic heterocycles. The molecule has 3 heteroatoms. The van der Waals surface area contributed by atoms with Gasteiger partial charge in [0.1, 0.15) is 0 Å². The zero-order valence-electron chi connectivity index (χ0n) is 25.2. The lowest BCUT2D eigenvalue weighted by molar-refractivity contribution is 1.18. The molecule has 2 heterocycles. The molecular weight excluding hydrogens is 531 g/mol. The molecule has 208 valence electrons. The maximum atomic E-state index is 2.54. The first-order valence-electron chi connectivity index (χ1n) is 15.5. The summed E-state index contributed by atoms with van der Waals surface area (Å²) in [5.74, 6) is 0. The topological polar surface area (TPSA) is 6.48 Å². The Hall–Kier alpha value is -5.28. The van der Waals surface area contributed by atoms with Gasteiger partial charge in [-0.15, -0.1) is 0 Å². The summed E-state index contributed by atoms with van der Waals surface area (Å²) in [6.07, 6.45) is 0. The molecule has 0 spiro atoms. The fourth-order valence-electron chi connectivity index (χ4n) is 7.94. The number of fused-ring (bicyclic) bond motifs is 6. The smallest absolute Gasteiger partial charge is 0.247 e. The van der Waals surface area contributed by atoms with Gasteiger partial charge in [-0.1, -0.05) is 119 Å². The van der Waals surface area contributed by atoms with Crippen LogP contribution < -0.4 is 26.2 Å². The zero-order valence-corrected chi connectivity index (χ0v) is 25.2. The second-order valence-electron chi connectivity index (χ2n) is 12.4. The summed E-state index contributed by atoms with van der Waals surface area (Å²) in [5.41, 5.74) is 15.4. The molecule has 0 saturated heterocycles. The normalized spacial score (nSPS) is 13.2.